The van der Waals surface area contributed by atoms with Crippen LogP contribution in [0, 0.1) is 46.3 Å². The van der Waals surface area contributed by atoms with E-state index in [2.05, 4.69) is 53.7 Å². The second-order valence-electron chi connectivity index (χ2n) is 12.4. The first-order valence-corrected chi connectivity index (χ1v) is 12.8. The maximum atomic E-state index is 10.8. The Hall–Kier alpha value is -0.600. The van der Waals surface area contributed by atoms with Crippen LogP contribution in [0.3, 0.4) is 0 Å². The number of fused-ring (bicyclic) bond motifs is 5. The van der Waals surface area contributed by atoms with E-state index >= 15 is 0 Å². The molecule has 30 heavy (non-hydrogen) atoms. The SMILES string of the molecule is CC(C)[C@@H](C)[C@H](O)C[C@@H](C)[C@H]1CC[C@H]2C3=CC=C4C[C@@H](O)CC[C@]4(C)[C@H]3CC[C@]12C. The van der Waals surface area contributed by atoms with Gasteiger partial charge in [0.25, 0.3) is 0 Å². The minimum absolute atomic E-state index is 0.135. The van der Waals surface area contributed by atoms with Crippen LogP contribution < -0.4 is 0 Å². The molecular formula is C28H46O2. The van der Waals surface area contributed by atoms with E-state index in [1.165, 1.54) is 31.3 Å². The topological polar surface area (TPSA) is 40.5 Å². The molecule has 0 aromatic carbocycles. The molecule has 2 nitrogen and oxygen atoms in total. The highest BCUT2D eigenvalue weighted by Gasteiger charge is 2.57. The fourth-order valence-electron chi connectivity index (χ4n) is 8.16. The van der Waals surface area contributed by atoms with Gasteiger partial charge in [-0.15, -0.1) is 0 Å². The Labute approximate surface area is 185 Å². The zero-order valence-electron chi connectivity index (χ0n) is 20.3. The molecule has 4 aliphatic rings. The number of aliphatic hydroxyl groups excluding tert-OH is 2. The largest absolute Gasteiger partial charge is 0.393 e. The molecule has 0 amide bonds. The molecule has 3 saturated carbocycles. The highest BCUT2D eigenvalue weighted by molar-refractivity contribution is 5.38. The normalized spacial score (nSPS) is 43.8. The van der Waals surface area contributed by atoms with Gasteiger partial charge in [0.2, 0.25) is 0 Å². The second kappa shape index (κ2) is 8.07. The van der Waals surface area contributed by atoms with Crippen molar-refractivity contribution in [3.05, 3.63) is 23.3 Å². The van der Waals surface area contributed by atoms with Crippen LogP contribution in [-0.4, -0.2) is 22.4 Å². The van der Waals surface area contributed by atoms with Crippen molar-refractivity contribution in [1.82, 2.24) is 0 Å². The third kappa shape index (κ3) is 3.54. The minimum Gasteiger partial charge on any atom is -0.393 e. The Morgan fingerprint density at radius 3 is 2.40 bits per heavy atom. The first-order chi connectivity index (χ1) is 14.1. The van der Waals surface area contributed by atoms with Crippen molar-refractivity contribution in [1.29, 1.82) is 0 Å². The zero-order valence-corrected chi connectivity index (χ0v) is 20.3. The lowest BCUT2D eigenvalue weighted by molar-refractivity contribution is 0.0133. The number of rotatable bonds is 5. The van der Waals surface area contributed by atoms with Crippen LogP contribution in [0.4, 0.5) is 0 Å². The van der Waals surface area contributed by atoms with E-state index in [9.17, 15) is 10.2 Å². The Bertz CT molecular complexity index is 705. The Balaban J connectivity index is 1.54. The lowest BCUT2D eigenvalue weighted by atomic mass is 9.50. The molecule has 3 fully saturated rings. The summed E-state index contributed by atoms with van der Waals surface area (Å²) >= 11 is 0. The number of allylic oxidation sites excluding steroid dienone is 3. The smallest absolute Gasteiger partial charge is 0.0578 e. The average Bonchev–Trinajstić information content (AvgIpc) is 3.05. The molecule has 4 rings (SSSR count). The van der Waals surface area contributed by atoms with Gasteiger partial charge in [-0.25, -0.2) is 0 Å². The van der Waals surface area contributed by atoms with E-state index in [1.807, 2.05) is 0 Å². The van der Waals surface area contributed by atoms with Crippen molar-refractivity contribution < 1.29 is 10.2 Å². The lowest BCUT2D eigenvalue weighted by Gasteiger charge is -2.55. The molecule has 0 aromatic heterocycles. The van der Waals surface area contributed by atoms with E-state index in [0.717, 1.165) is 31.6 Å². The molecule has 0 aliphatic heterocycles. The lowest BCUT2D eigenvalue weighted by Crippen LogP contribution is -2.46. The van der Waals surface area contributed by atoms with Crippen molar-refractivity contribution in [3.63, 3.8) is 0 Å². The maximum absolute atomic E-state index is 10.8. The van der Waals surface area contributed by atoms with Gasteiger partial charge in [-0.05, 0) is 97.7 Å². The summed E-state index contributed by atoms with van der Waals surface area (Å²) in [7, 11) is 0. The van der Waals surface area contributed by atoms with Crippen LogP contribution in [0.1, 0.15) is 92.9 Å². The quantitative estimate of drug-likeness (QED) is 0.537. The number of aliphatic hydroxyl groups is 2. The Morgan fingerprint density at radius 1 is 0.967 bits per heavy atom. The van der Waals surface area contributed by atoms with Crippen molar-refractivity contribution in [3.8, 4) is 0 Å². The molecule has 0 spiro atoms. The fourth-order valence-corrected chi connectivity index (χ4v) is 8.16. The molecule has 0 saturated heterocycles. The summed E-state index contributed by atoms with van der Waals surface area (Å²) in [5.74, 6) is 3.62. The van der Waals surface area contributed by atoms with Gasteiger partial charge in [-0.2, -0.15) is 0 Å². The first kappa shape index (κ1) is 22.6. The minimum atomic E-state index is -0.175. The first-order valence-electron chi connectivity index (χ1n) is 12.8. The van der Waals surface area contributed by atoms with Crippen LogP contribution in [0.2, 0.25) is 0 Å². The molecule has 170 valence electrons. The van der Waals surface area contributed by atoms with Gasteiger partial charge in [0.05, 0.1) is 12.2 Å². The van der Waals surface area contributed by atoms with Crippen LogP contribution in [0.25, 0.3) is 0 Å². The van der Waals surface area contributed by atoms with Gasteiger partial charge < -0.3 is 10.2 Å². The molecular weight excluding hydrogens is 368 g/mol. The highest BCUT2D eigenvalue weighted by Crippen LogP contribution is 2.66. The maximum Gasteiger partial charge on any atom is 0.0578 e. The van der Waals surface area contributed by atoms with Crippen molar-refractivity contribution in [2.45, 2.75) is 105 Å². The predicted octanol–water partition coefficient (Wildman–Crippen LogP) is 6.53. The monoisotopic (exact) mass is 414 g/mol. The fraction of sp³-hybridized carbons (Fsp3) is 0.857. The second-order valence-corrected chi connectivity index (χ2v) is 12.4. The molecule has 0 unspecified atom stereocenters. The predicted molar refractivity (Wildman–Crippen MR) is 125 cm³/mol. The van der Waals surface area contributed by atoms with E-state index < -0.39 is 0 Å². The van der Waals surface area contributed by atoms with Crippen LogP contribution in [0.15, 0.2) is 23.3 Å². The van der Waals surface area contributed by atoms with Crippen LogP contribution in [0.5, 0.6) is 0 Å². The molecule has 0 bridgehead atoms. The molecule has 2 heteroatoms. The summed E-state index contributed by atoms with van der Waals surface area (Å²) in [6.07, 6.45) is 13.8. The number of hydrogen-bond donors (Lipinski definition) is 2. The van der Waals surface area contributed by atoms with Gasteiger partial charge in [0, 0.05) is 0 Å². The summed E-state index contributed by atoms with van der Waals surface area (Å²) in [6, 6.07) is 0. The molecule has 0 radical (unpaired) electrons. The summed E-state index contributed by atoms with van der Waals surface area (Å²) in [4.78, 5) is 0. The van der Waals surface area contributed by atoms with Crippen molar-refractivity contribution in [2.24, 2.45) is 46.3 Å². The van der Waals surface area contributed by atoms with E-state index in [4.69, 9.17) is 0 Å². The van der Waals surface area contributed by atoms with Crippen LogP contribution in [-0.2, 0) is 0 Å². The van der Waals surface area contributed by atoms with Gasteiger partial charge in [0.15, 0.2) is 0 Å². The van der Waals surface area contributed by atoms with Gasteiger partial charge in [-0.1, -0.05) is 64.8 Å². The molecule has 9 atom stereocenters. The standard InChI is InChI=1S/C28H46O2/c1-17(2)19(4)26(30)15-18(3)23-9-10-24-22-8-7-20-16-21(29)11-13-27(20,5)25(22)12-14-28(23,24)6/h7-8,17-19,21,23-26,29-30H,9-16H2,1-6H3/t18-,19-,21+,23-,24+,25+,26-,27+,28-/m1/s1. The Kier molecular flexibility index (Phi) is 6.08. The highest BCUT2D eigenvalue weighted by atomic mass is 16.3. The zero-order chi connectivity index (χ0) is 21.8. The van der Waals surface area contributed by atoms with Gasteiger partial charge in [-0.3, -0.25) is 0 Å². The molecule has 0 aromatic rings. The van der Waals surface area contributed by atoms with E-state index in [1.54, 1.807) is 5.57 Å². The van der Waals surface area contributed by atoms with Crippen molar-refractivity contribution >= 4 is 0 Å². The van der Waals surface area contributed by atoms with Gasteiger partial charge in [0.1, 0.15) is 0 Å². The summed E-state index contributed by atoms with van der Waals surface area (Å²) in [5, 5.41) is 21.0. The molecule has 4 aliphatic carbocycles. The van der Waals surface area contributed by atoms with Gasteiger partial charge >= 0.3 is 0 Å². The van der Waals surface area contributed by atoms with Crippen LogP contribution >= 0.6 is 0 Å². The Morgan fingerprint density at radius 2 is 1.70 bits per heavy atom. The molecule has 0 heterocycles. The van der Waals surface area contributed by atoms with Crippen molar-refractivity contribution in [2.75, 3.05) is 0 Å². The molecule has 2 N–H and O–H groups in total. The third-order valence-electron chi connectivity index (χ3n) is 10.6. The summed E-state index contributed by atoms with van der Waals surface area (Å²) in [6.45, 7) is 14.2. The average molecular weight is 415 g/mol. The summed E-state index contributed by atoms with van der Waals surface area (Å²) in [5.41, 5.74) is 3.90. The number of hydrogen-bond acceptors (Lipinski definition) is 2. The summed E-state index contributed by atoms with van der Waals surface area (Å²) < 4.78 is 0. The van der Waals surface area contributed by atoms with E-state index in [0.29, 0.717) is 35.0 Å². The van der Waals surface area contributed by atoms with E-state index in [-0.39, 0.29) is 17.6 Å². The third-order valence-corrected chi connectivity index (χ3v) is 10.6.